The van der Waals surface area contributed by atoms with Gasteiger partial charge in [0.05, 0.1) is 7.11 Å². The van der Waals surface area contributed by atoms with Crippen molar-refractivity contribution in [3.63, 3.8) is 0 Å². The van der Waals surface area contributed by atoms with Gasteiger partial charge in [-0.3, -0.25) is 0 Å². The third-order valence-electron chi connectivity index (χ3n) is 3.49. The average Bonchev–Trinajstić information content (AvgIpc) is 2.89. The topological polar surface area (TPSA) is 30.5 Å². The quantitative estimate of drug-likeness (QED) is 0.893. The Hall–Kier alpha value is -1.36. The van der Waals surface area contributed by atoms with Crippen LogP contribution in [0.5, 0.6) is 11.5 Å². The summed E-state index contributed by atoms with van der Waals surface area (Å²) in [6.45, 7) is 3.87. The Morgan fingerprint density at radius 3 is 2.53 bits per heavy atom. The van der Waals surface area contributed by atoms with Crippen molar-refractivity contribution in [2.24, 2.45) is 5.92 Å². The van der Waals surface area contributed by atoms with Crippen LogP contribution in [0.1, 0.15) is 19.8 Å². The lowest BCUT2D eigenvalue weighted by Crippen LogP contribution is -2.28. The molecule has 1 saturated heterocycles. The van der Waals surface area contributed by atoms with Crippen LogP contribution in [0.4, 0.5) is 8.78 Å². The molecule has 0 unspecified atom stereocenters. The maximum absolute atomic E-state index is 13.6. The minimum atomic E-state index is -0.739. The molecule has 1 aliphatic heterocycles. The number of halogens is 2. The van der Waals surface area contributed by atoms with E-state index in [-0.39, 0.29) is 17.6 Å². The van der Waals surface area contributed by atoms with E-state index in [1.165, 1.54) is 19.2 Å². The Morgan fingerprint density at radius 1 is 1.37 bits per heavy atom. The summed E-state index contributed by atoms with van der Waals surface area (Å²) in [5.74, 6) is -1.25. The van der Waals surface area contributed by atoms with Crippen LogP contribution in [0.2, 0.25) is 0 Å². The van der Waals surface area contributed by atoms with Crippen molar-refractivity contribution in [2.75, 3.05) is 20.2 Å². The van der Waals surface area contributed by atoms with Gasteiger partial charge >= 0.3 is 0 Å². The molecule has 106 valence electrons. The van der Waals surface area contributed by atoms with Crippen LogP contribution in [0.15, 0.2) is 12.1 Å². The van der Waals surface area contributed by atoms with Crippen molar-refractivity contribution < 1.29 is 18.3 Å². The summed E-state index contributed by atoms with van der Waals surface area (Å²) in [5.41, 5.74) is 0. The summed E-state index contributed by atoms with van der Waals surface area (Å²) in [5, 5.41) is 3.27. The molecule has 0 amide bonds. The van der Waals surface area contributed by atoms with E-state index >= 15 is 0 Å². The molecule has 2 rings (SSSR count). The maximum Gasteiger partial charge on any atom is 0.190 e. The number of ether oxygens (including phenoxy) is 2. The Labute approximate surface area is 111 Å². The van der Waals surface area contributed by atoms with E-state index in [9.17, 15) is 8.78 Å². The minimum Gasteiger partial charge on any atom is -0.491 e. The molecule has 1 N–H and O–H groups in total. The largest absolute Gasteiger partial charge is 0.491 e. The van der Waals surface area contributed by atoms with E-state index in [2.05, 4.69) is 10.1 Å². The summed E-state index contributed by atoms with van der Waals surface area (Å²) >= 11 is 0. The van der Waals surface area contributed by atoms with E-state index in [0.29, 0.717) is 5.92 Å². The van der Waals surface area contributed by atoms with E-state index < -0.39 is 11.6 Å². The average molecular weight is 271 g/mol. The smallest absolute Gasteiger partial charge is 0.190 e. The summed E-state index contributed by atoms with van der Waals surface area (Å²) < 4.78 is 37.6. The molecule has 1 aliphatic rings. The maximum atomic E-state index is 13.6. The first-order chi connectivity index (χ1) is 9.15. The van der Waals surface area contributed by atoms with Gasteiger partial charge in [-0.15, -0.1) is 0 Å². The van der Waals surface area contributed by atoms with Gasteiger partial charge in [0.2, 0.25) is 0 Å². The Balaban J connectivity index is 2.13. The molecule has 0 radical (unpaired) electrons. The molecule has 3 nitrogen and oxygen atoms in total. The van der Waals surface area contributed by atoms with Crippen LogP contribution in [0, 0.1) is 17.6 Å². The normalized spacial score (nSPS) is 20.3. The molecule has 2 atom stereocenters. The first kappa shape index (κ1) is 14.1. The molecule has 0 spiro atoms. The highest BCUT2D eigenvalue weighted by atomic mass is 19.1. The van der Waals surface area contributed by atoms with Crippen LogP contribution in [-0.2, 0) is 0 Å². The zero-order valence-corrected chi connectivity index (χ0v) is 11.2. The highest BCUT2D eigenvalue weighted by molar-refractivity contribution is 5.35. The van der Waals surface area contributed by atoms with E-state index in [1.54, 1.807) is 0 Å². The van der Waals surface area contributed by atoms with Gasteiger partial charge in [-0.25, -0.2) is 8.78 Å². The van der Waals surface area contributed by atoms with Gasteiger partial charge in [0, 0.05) is 24.6 Å². The molecule has 19 heavy (non-hydrogen) atoms. The Morgan fingerprint density at radius 2 is 2.05 bits per heavy atom. The van der Waals surface area contributed by atoms with Gasteiger partial charge in [-0.2, -0.15) is 0 Å². The number of methoxy groups -OCH3 is 1. The van der Waals surface area contributed by atoms with E-state index in [0.717, 1.165) is 25.9 Å². The van der Waals surface area contributed by atoms with Crippen molar-refractivity contribution in [3.05, 3.63) is 23.8 Å². The molecule has 0 aliphatic carbocycles. The molecule has 1 aromatic rings. The van der Waals surface area contributed by atoms with Gasteiger partial charge in [0.25, 0.3) is 0 Å². The fraction of sp³-hybridized carbons (Fsp3) is 0.571. The SMILES string of the molecule is CC[C@H](Oc1cc(F)c(OC)c(F)c1)[C@H]1CCNC1. The zero-order valence-electron chi connectivity index (χ0n) is 11.2. The van der Waals surface area contributed by atoms with Gasteiger partial charge < -0.3 is 14.8 Å². The summed E-state index contributed by atoms with van der Waals surface area (Å²) in [4.78, 5) is 0. The molecular formula is C14H19F2NO2. The zero-order chi connectivity index (χ0) is 13.8. The molecule has 1 heterocycles. The van der Waals surface area contributed by atoms with Gasteiger partial charge in [-0.05, 0) is 19.4 Å². The van der Waals surface area contributed by atoms with Crippen molar-refractivity contribution >= 4 is 0 Å². The van der Waals surface area contributed by atoms with Crippen molar-refractivity contribution in [1.29, 1.82) is 0 Å². The standard InChI is InChI=1S/C14H19F2NO2/c1-3-13(9-4-5-17-8-9)19-10-6-11(15)14(18-2)12(16)7-10/h6-7,9,13,17H,3-5,8H2,1-2H3/t9-,13-/m0/s1. The fourth-order valence-electron chi connectivity index (χ4n) is 2.48. The number of nitrogens with one attached hydrogen (secondary N) is 1. The minimum absolute atomic E-state index is 0.0257. The Bertz CT molecular complexity index is 410. The van der Waals surface area contributed by atoms with Crippen molar-refractivity contribution in [1.82, 2.24) is 5.32 Å². The molecule has 1 aromatic carbocycles. The molecular weight excluding hydrogens is 252 g/mol. The molecule has 0 saturated carbocycles. The molecule has 0 aromatic heterocycles. The van der Waals surface area contributed by atoms with Crippen LogP contribution in [-0.4, -0.2) is 26.3 Å². The summed E-state index contributed by atoms with van der Waals surface area (Å²) in [6, 6.07) is 2.35. The van der Waals surface area contributed by atoms with Crippen molar-refractivity contribution in [3.8, 4) is 11.5 Å². The molecule has 0 bridgehead atoms. The lowest BCUT2D eigenvalue weighted by atomic mass is 9.99. The predicted octanol–water partition coefficient (Wildman–Crippen LogP) is 2.74. The number of hydrogen-bond acceptors (Lipinski definition) is 3. The van der Waals surface area contributed by atoms with E-state index in [1.807, 2.05) is 6.92 Å². The monoisotopic (exact) mass is 271 g/mol. The first-order valence-corrected chi connectivity index (χ1v) is 6.56. The fourth-order valence-corrected chi connectivity index (χ4v) is 2.48. The highest BCUT2D eigenvalue weighted by Gasteiger charge is 2.25. The lowest BCUT2D eigenvalue weighted by Gasteiger charge is -2.23. The van der Waals surface area contributed by atoms with Gasteiger partial charge in [0.15, 0.2) is 17.4 Å². The molecule has 1 fully saturated rings. The third kappa shape index (κ3) is 3.15. The van der Waals surface area contributed by atoms with Gasteiger partial charge in [-0.1, -0.05) is 6.92 Å². The van der Waals surface area contributed by atoms with Crippen LogP contribution < -0.4 is 14.8 Å². The van der Waals surface area contributed by atoms with E-state index in [4.69, 9.17) is 4.74 Å². The second-order valence-electron chi connectivity index (χ2n) is 4.74. The summed E-state index contributed by atoms with van der Waals surface area (Å²) in [7, 11) is 1.24. The number of benzene rings is 1. The number of rotatable bonds is 5. The van der Waals surface area contributed by atoms with Crippen molar-refractivity contribution in [2.45, 2.75) is 25.9 Å². The second-order valence-corrected chi connectivity index (χ2v) is 4.74. The summed E-state index contributed by atoms with van der Waals surface area (Å²) in [6.07, 6.45) is 1.81. The lowest BCUT2D eigenvalue weighted by molar-refractivity contribution is 0.137. The second kappa shape index (κ2) is 6.19. The van der Waals surface area contributed by atoms with Gasteiger partial charge in [0.1, 0.15) is 11.9 Å². The molecule has 5 heteroatoms. The Kier molecular flexibility index (Phi) is 4.58. The predicted molar refractivity (Wildman–Crippen MR) is 68.6 cm³/mol. The highest BCUT2D eigenvalue weighted by Crippen LogP contribution is 2.29. The first-order valence-electron chi connectivity index (χ1n) is 6.56. The third-order valence-corrected chi connectivity index (χ3v) is 3.49. The van der Waals surface area contributed by atoms with Crippen LogP contribution in [0.25, 0.3) is 0 Å². The van der Waals surface area contributed by atoms with Crippen LogP contribution in [0.3, 0.4) is 0 Å². The van der Waals surface area contributed by atoms with Crippen LogP contribution >= 0.6 is 0 Å². The number of hydrogen-bond donors (Lipinski definition) is 1.